The molecule has 1 aliphatic carbocycles. The number of anilines is 2. The van der Waals surface area contributed by atoms with Crippen molar-refractivity contribution in [3.05, 3.63) is 47.9 Å². The van der Waals surface area contributed by atoms with Crippen LogP contribution < -0.4 is 15.1 Å². The summed E-state index contributed by atoms with van der Waals surface area (Å²) < 4.78 is 13.0. The monoisotopic (exact) mass is 341 g/mol. The Bertz CT molecular complexity index is 737. The number of halogens is 1. The molecular formula is C18H20FN5O. The van der Waals surface area contributed by atoms with E-state index in [1.807, 2.05) is 6.07 Å². The minimum atomic E-state index is -0.219. The molecule has 4 rings (SSSR count). The Morgan fingerprint density at radius 1 is 0.960 bits per heavy atom. The smallest absolute Gasteiger partial charge is 0.272 e. The molecule has 2 aromatic rings. The first kappa shape index (κ1) is 15.8. The molecule has 0 atom stereocenters. The highest BCUT2D eigenvalue weighted by Gasteiger charge is 2.25. The number of benzene rings is 1. The first-order valence-electron chi connectivity index (χ1n) is 8.59. The lowest BCUT2D eigenvalue weighted by atomic mass is 10.2. The minimum Gasteiger partial charge on any atom is -0.368 e. The molecule has 0 radical (unpaired) electrons. The Morgan fingerprint density at radius 3 is 2.24 bits per heavy atom. The first-order valence-corrected chi connectivity index (χ1v) is 8.59. The van der Waals surface area contributed by atoms with Gasteiger partial charge in [-0.05, 0) is 49.2 Å². The van der Waals surface area contributed by atoms with Gasteiger partial charge in [0.1, 0.15) is 5.82 Å². The lowest BCUT2D eigenvalue weighted by molar-refractivity contribution is 0.0945. The van der Waals surface area contributed by atoms with Crippen molar-refractivity contribution in [1.82, 2.24) is 15.5 Å². The summed E-state index contributed by atoms with van der Waals surface area (Å²) in [5.74, 6) is 0.410. The quantitative estimate of drug-likeness (QED) is 0.919. The SMILES string of the molecule is O=C(NC1CC1)c1ccc(N2CCN(c3ccc(F)cc3)CC2)nn1. The third-order valence-electron chi connectivity index (χ3n) is 4.59. The molecule has 1 aromatic heterocycles. The first-order chi connectivity index (χ1) is 12.2. The molecular weight excluding hydrogens is 321 g/mol. The fraction of sp³-hybridized carbons (Fsp3) is 0.389. The van der Waals surface area contributed by atoms with Gasteiger partial charge in [0.25, 0.3) is 5.91 Å². The molecule has 1 N–H and O–H groups in total. The van der Waals surface area contributed by atoms with Crippen LogP contribution in [0, 0.1) is 5.82 Å². The van der Waals surface area contributed by atoms with Gasteiger partial charge in [-0.1, -0.05) is 0 Å². The molecule has 6 nitrogen and oxygen atoms in total. The van der Waals surface area contributed by atoms with Crippen LogP contribution in [0.5, 0.6) is 0 Å². The van der Waals surface area contributed by atoms with Gasteiger partial charge in [-0.15, -0.1) is 10.2 Å². The molecule has 1 saturated carbocycles. The summed E-state index contributed by atoms with van der Waals surface area (Å²) in [7, 11) is 0. The van der Waals surface area contributed by atoms with Crippen molar-refractivity contribution in [2.75, 3.05) is 36.0 Å². The van der Waals surface area contributed by atoms with Gasteiger partial charge in [0, 0.05) is 37.9 Å². The highest BCUT2D eigenvalue weighted by molar-refractivity contribution is 5.92. The van der Waals surface area contributed by atoms with Gasteiger partial charge in [-0.2, -0.15) is 0 Å². The fourth-order valence-electron chi connectivity index (χ4n) is 2.95. The predicted octanol–water partition coefficient (Wildman–Crippen LogP) is 1.83. The summed E-state index contributed by atoms with van der Waals surface area (Å²) in [5.41, 5.74) is 1.39. The zero-order valence-electron chi connectivity index (χ0n) is 13.9. The summed E-state index contributed by atoms with van der Waals surface area (Å²) in [6.45, 7) is 3.27. The van der Waals surface area contributed by atoms with Crippen LogP contribution in [-0.2, 0) is 0 Å². The molecule has 1 aromatic carbocycles. The Morgan fingerprint density at radius 2 is 1.64 bits per heavy atom. The number of nitrogens with zero attached hydrogens (tertiary/aromatic N) is 4. The van der Waals surface area contributed by atoms with Crippen LogP contribution in [-0.4, -0.2) is 48.3 Å². The summed E-state index contributed by atoms with van der Waals surface area (Å²) in [4.78, 5) is 16.3. The van der Waals surface area contributed by atoms with Crippen molar-refractivity contribution in [3.8, 4) is 0 Å². The largest absolute Gasteiger partial charge is 0.368 e. The Balaban J connectivity index is 1.35. The van der Waals surface area contributed by atoms with Crippen LogP contribution in [0.3, 0.4) is 0 Å². The maximum absolute atomic E-state index is 13.0. The van der Waals surface area contributed by atoms with E-state index in [0.717, 1.165) is 50.5 Å². The van der Waals surface area contributed by atoms with Crippen LogP contribution in [0.1, 0.15) is 23.3 Å². The number of carbonyl (C=O) groups excluding carboxylic acids is 1. The number of amides is 1. The van der Waals surface area contributed by atoms with E-state index >= 15 is 0 Å². The second kappa shape index (κ2) is 6.66. The van der Waals surface area contributed by atoms with E-state index in [-0.39, 0.29) is 11.7 Å². The summed E-state index contributed by atoms with van der Waals surface area (Å²) in [6.07, 6.45) is 2.10. The third kappa shape index (κ3) is 3.70. The number of rotatable bonds is 4. The minimum absolute atomic E-state index is 0.150. The molecule has 0 bridgehead atoms. The summed E-state index contributed by atoms with van der Waals surface area (Å²) in [5, 5.41) is 11.2. The third-order valence-corrected chi connectivity index (χ3v) is 4.59. The average Bonchev–Trinajstić information content (AvgIpc) is 3.47. The maximum Gasteiger partial charge on any atom is 0.272 e. The fourth-order valence-corrected chi connectivity index (χ4v) is 2.95. The van der Waals surface area contributed by atoms with E-state index < -0.39 is 0 Å². The Hall–Kier alpha value is -2.70. The lowest BCUT2D eigenvalue weighted by Crippen LogP contribution is -2.47. The predicted molar refractivity (Wildman–Crippen MR) is 93.3 cm³/mol. The van der Waals surface area contributed by atoms with E-state index in [1.165, 1.54) is 12.1 Å². The van der Waals surface area contributed by atoms with Crippen molar-refractivity contribution in [2.45, 2.75) is 18.9 Å². The molecule has 7 heteroatoms. The average molecular weight is 341 g/mol. The van der Waals surface area contributed by atoms with Crippen molar-refractivity contribution in [2.24, 2.45) is 0 Å². The van der Waals surface area contributed by atoms with E-state index in [2.05, 4.69) is 25.3 Å². The van der Waals surface area contributed by atoms with Gasteiger partial charge in [-0.3, -0.25) is 4.79 Å². The van der Waals surface area contributed by atoms with Crippen LogP contribution in [0.15, 0.2) is 36.4 Å². The topological polar surface area (TPSA) is 61.4 Å². The molecule has 25 heavy (non-hydrogen) atoms. The highest BCUT2D eigenvalue weighted by Crippen LogP contribution is 2.20. The van der Waals surface area contributed by atoms with Crippen LogP contribution >= 0.6 is 0 Å². The Labute approximate surface area is 145 Å². The Kier molecular flexibility index (Phi) is 4.21. The van der Waals surface area contributed by atoms with E-state index in [0.29, 0.717) is 11.7 Å². The zero-order valence-corrected chi connectivity index (χ0v) is 13.9. The van der Waals surface area contributed by atoms with Crippen molar-refractivity contribution < 1.29 is 9.18 Å². The number of hydrogen-bond donors (Lipinski definition) is 1. The number of nitrogens with one attached hydrogen (secondary N) is 1. The molecule has 2 fully saturated rings. The molecule has 0 spiro atoms. The summed E-state index contributed by atoms with van der Waals surface area (Å²) >= 11 is 0. The molecule has 1 aliphatic heterocycles. The molecule has 0 unspecified atom stereocenters. The standard InChI is InChI=1S/C18H20FN5O/c19-13-1-5-15(6-2-13)23-9-11-24(12-10-23)17-8-7-16(21-22-17)18(25)20-14-3-4-14/h1-2,5-8,14H,3-4,9-12H2,(H,20,25). The van der Waals surface area contributed by atoms with Crippen LogP contribution in [0.4, 0.5) is 15.9 Å². The number of hydrogen-bond acceptors (Lipinski definition) is 5. The van der Waals surface area contributed by atoms with E-state index in [1.54, 1.807) is 18.2 Å². The number of piperazine rings is 1. The van der Waals surface area contributed by atoms with Crippen molar-refractivity contribution >= 4 is 17.4 Å². The van der Waals surface area contributed by atoms with Crippen molar-refractivity contribution in [3.63, 3.8) is 0 Å². The van der Waals surface area contributed by atoms with Crippen LogP contribution in [0.25, 0.3) is 0 Å². The normalized spacial score (nSPS) is 17.5. The van der Waals surface area contributed by atoms with Crippen molar-refractivity contribution in [1.29, 1.82) is 0 Å². The van der Waals surface area contributed by atoms with E-state index in [9.17, 15) is 9.18 Å². The van der Waals surface area contributed by atoms with Gasteiger partial charge in [0.05, 0.1) is 0 Å². The van der Waals surface area contributed by atoms with Gasteiger partial charge in [-0.25, -0.2) is 4.39 Å². The molecule has 130 valence electrons. The van der Waals surface area contributed by atoms with Crippen LogP contribution in [0.2, 0.25) is 0 Å². The second-order valence-corrected chi connectivity index (χ2v) is 6.48. The molecule has 1 amide bonds. The molecule has 1 saturated heterocycles. The van der Waals surface area contributed by atoms with Gasteiger partial charge in [0.2, 0.25) is 0 Å². The van der Waals surface area contributed by atoms with E-state index in [4.69, 9.17) is 0 Å². The number of carbonyl (C=O) groups is 1. The zero-order chi connectivity index (χ0) is 17.2. The maximum atomic E-state index is 13.0. The highest BCUT2D eigenvalue weighted by atomic mass is 19.1. The molecule has 2 heterocycles. The molecule has 2 aliphatic rings. The second-order valence-electron chi connectivity index (χ2n) is 6.48. The van der Waals surface area contributed by atoms with Gasteiger partial charge in [0.15, 0.2) is 11.5 Å². The van der Waals surface area contributed by atoms with Gasteiger partial charge >= 0.3 is 0 Å². The summed E-state index contributed by atoms with van der Waals surface area (Å²) in [6, 6.07) is 10.5. The number of aromatic nitrogens is 2. The lowest BCUT2D eigenvalue weighted by Gasteiger charge is -2.36. The van der Waals surface area contributed by atoms with Gasteiger partial charge < -0.3 is 15.1 Å².